The summed E-state index contributed by atoms with van der Waals surface area (Å²) < 4.78 is 5.18. The first-order valence-electron chi connectivity index (χ1n) is 3.63. The molecule has 3 heteroatoms. The molecular formula is C7H15NO2. The Balaban J connectivity index is 2.45. The number of likely N-dealkylation sites (N-methyl/N-ethyl adjacent to an activating group) is 1. The fraction of sp³-hybridized carbons (Fsp3) is 1.00. The summed E-state index contributed by atoms with van der Waals surface area (Å²) in [5.41, 5.74) is 0. The molecule has 1 aliphatic rings. The van der Waals surface area contributed by atoms with E-state index in [1.54, 1.807) is 7.11 Å². The number of likely N-dealkylation sites (tertiary alicyclic amines) is 1. The summed E-state index contributed by atoms with van der Waals surface area (Å²) in [6, 6.07) is 0.213. The highest BCUT2D eigenvalue weighted by molar-refractivity contribution is 4.84. The van der Waals surface area contributed by atoms with Gasteiger partial charge in [-0.1, -0.05) is 0 Å². The fourth-order valence-corrected chi connectivity index (χ4v) is 1.50. The number of hydrogen-bond donors (Lipinski definition) is 1. The highest BCUT2D eigenvalue weighted by Crippen LogP contribution is 2.17. The lowest BCUT2D eigenvalue weighted by Crippen LogP contribution is -2.36. The van der Waals surface area contributed by atoms with Gasteiger partial charge in [-0.3, -0.25) is 4.90 Å². The Hall–Kier alpha value is -0.120. The molecule has 0 aliphatic carbocycles. The maximum atomic E-state index is 8.92. The summed E-state index contributed by atoms with van der Waals surface area (Å²) in [4.78, 5) is 2.13. The molecule has 60 valence electrons. The average Bonchev–Trinajstić information content (AvgIpc) is 2.30. The molecule has 2 atom stereocenters. The average molecular weight is 145 g/mol. The molecule has 1 fully saturated rings. The number of nitrogens with zero attached hydrogens (tertiary/aromatic N) is 1. The van der Waals surface area contributed by atoms with Gasteiger partial charge >= 0.3 is 0 Å². The molecule has 0 bridgehead atoms. The Morgan fingerprint density at radius 1 is 1.70 bits per heavy atom. The molecule has 10 heavy (non-hydrogen) atoms. The molecule has 0 amide bonds. The van der Waals surface area contributed by atoms with Gasteiger partial charge in [0, 0.05) is 13.7 Å². The lowest BCUT2D eigenvalue weighted by atomic mass is 10.2. The summed E-state index contributed by atoms with van der Waals surface area (Å²) in [6.07, 6.45) is 1.27. The summed E-state index contributed by atoms with van der Waals surface area (Å²) in [5.74, 6) is 0. The molecule has 0 aromatic heterocycles. The molecule has 0 spiro atoms. The van der Waals surface area contributed by atoms with E-state index in [9.17, 15) is 0 Å². The zero-order valence-corrected chi connectivity index (χ0v) is 6.58. The normalized spacial score (nSPS) is 35.1. The number of hydrogen-bond acceptors (Lipinski definition) is 3. The maximum Gasteiger partial charge on any atom is 0.0760 e. The predicted octanol–water partition coefficient (Wildman–Crippen LogP) is -0.302. The summed E-state index contributed by atoms with van der Waals surface area (Å²) in [7, 11) is 3.71. The highest BCUT2D eigenvalue weighted by atomic mass is 16.5. The van der Waals surface area contributed by atoms with Crippen LogP contribution in [0.4, 0.5) is 0 Å². The molecule has 1 aliphatic heterocycles. The summed E-state index contributed by atoms with van der Waals surface area (Å²) in [6.45, 7) is 1.23. The number of aliphatic hydroxyl groups is 1. The van der Waals surface area contributed by atoms with Crippen LogP contribution in [0.2, 0.25) is 0 Å². The second-order valence-electron chi connectivity index (χ2n) is 2.79. The van der Waals surface area contributed by atoms with Crippen molar-refractivity contribution < 1.29 is 9.84 Å². The van der Waals surface area contributed by atoms with E-state index < -0.39 is 0 Å². The Labute approximate surface area is 61.6 Å². The lowest BCUT2D eigenvalue weighted by molar-refractivity contribution is 0.0446. The molecular weight excluding hydrogens is 130 g/mol. The molecule has 0 aromatic carbocycles. The van der Waals surface area contributed by atoms with Crippen molar-refractivity contribution in [2.45, 2.75) is 18.6 Å². The second-order valence-corrected chi connectivity index (χ2v) is 2.79. The van der Waals surface area contributed by atoms with Crippen LogP contribution in [0.1, 0.15) is 6.42 Å². The van der Waals surface area contributed by atoms with Crippen molar-refractivity contribution >= 4 is 0 Å². The van der Waals surface area contributed by atoms with Gasteiger partial charge in [0.25, 0.3) is 0 Å². The van der Waals surface area contributed by atoms with Crippen LogP contribution in [0.3, 0.4) is 0 Å². The topological polar surface area (TPSA) is 32.7 Å². The van der Waals surface area contributed by atoms with E-state index in [4.69, 9.17) is 9.84 Å². The Morgan fingerprint density at radius 3 is 2.80 bits per heavy atom. The van der Waals surface area contributed by atoms with Crippen LogP contribution >= 0.6 is 0 Å². The van der Waals surface area contributed by atoms with Crippen LogP contribution < -0.4 is 0 Å². The molecule has 0 aromatic rings. The SMILES string of the molecule is CO[C@H]1CCN(C)[C@@H]1CO. The molecule has 0 radical (unpaired) electrons. The van der Waals surface area contributed by atoms with Crippen molar-refractivity contribution in [1.82, 2.24) is 4.90 Å². The molecule has 1 N–H and O–H groups in total. The van der Waals surface area contributed by atoms with Crippen LogP contribution in [-0.4, -0.2) is 49.5 Å². The summed E-state index contributed by atoms with van der Waals surface area (Å²) >= 11 is 0. The van der Waals surface area contributed by atoms with Crippen LogP contribution in [0.25, 0.3) is 0 Å². The Bertz CT molecular complexity index is 108. The first kappa shape index (κ1) is 7.98. The minimum atomic E-state index is 0.203. The van der Waals surface area contributed by atoms with Crippen LogP contribution in [0.15, 0.2) is 0 Å². The Morgan fingerprint density at radius 2 is 2.40 bits per heavy atom. The number of ether oxygens (including phenoxy) is 1. The highest BCUT2D eigenvalue weighted by Gasteiger charge is 2.30. The first-order valence-corrected chi connectivity index (χ1v) is 3.63. The predicted molar refractivity (Wildman–Crippen MR) is 38.9 cm³/mol. The van der Waals surface area contributed by atoms with E-state index in [-0.39, 0.29) is 18.8 Å². The van der Waals surface area contributed by atoms with Gasteiger partial charge in [-0.15, -0.1) is 0 Å². The smallest absolute Gasteiger partial charge is 0.0760 e. The van der Waals surface area contributed by atoms with E-state index in [0.29, 0.717) is 0 Å². The fourth-order valence-electron chi connectivity index (χ4n) is 1.50. The van der Waals surface area contributed by atoms with E-state index >= 15 is 0 Å². The van der Waals surface area contributed by atoms with Crippen molar-refractivity contribution in [1.29, 1.82) is 0 Å². The quantitative estimate of drug-likeness (QED) is 0.579. The zero-order valence-electron chi connectivity index (χ0n) is 6.58. The molecule has 1 saturated heterocycles. The minimum absolute atomic E-state index is 0.203. The van der Waals surface area contributed by atoms with E-state index in [1.165, 1.54) is 0 Å². The molecule has 1 heterocycles. The van der Waals surface area contributed by atoms with Crippen LogP contribution in [-0.2, 0) is 4.74 Å². The Kier molecular flexibility index (Phi) is 2.65. The van der Waals surface area contributed by atoms with Crippen molar-refractivity contribution in [2.75, 3.05) is 27.3 Å². The van der Waals surface area contributed by atoms with Gasteiger partial charge in [0.15, 0.2) is 0 Å². The maximum absolute atomic E-state index is 8.92. The molecule has 0 saturated carbocycles. The van der Waals surface area contributed by atoms with Crippen molar-refractivity contribution in [2.24, 2.45) is 0 Å². The van der Waals surface area contributed by atoms with Gasteiger partial charge in [-0.25, -0.2) is 0 Å². The first-order chi connectivity index (χ1) is 4.79. The number of methoxy groups -OCH3 is 1. The zero-order chi connectivity index (χ0) is 7.56. The molecule has 1 rings (SSSR count). The van der Waals surface area contributed by atoms with Crippen molar-refractivity contribution in [3.8, 4) is 0 Å². The third kappa shape index (κ3) is 1.31. The third-order valence-corrected chi connectivity index (χ3v) is 2.25. The van der Waals surface area contributed by atoms with E-state index in [2.05, 4.69) is 4.90 Å². The third-order valence-electron chi connectivity index (χ3n) is 2.25. The monoisotopic (exact) mass is 145 g/mol. The van der Waals surface area contributed by atoms with Gasteiger partial charge in [0.2, 0.25) is 0 Å². The standard InChI is InChI=1S/C7H15NO2/c1-8-4-3-7(10-2)6(8)5-9/h6-7,9H,3-5H2,1-2H3/t6-,7+/m1/s1. The molecule has 3 nitrogen and oxygen atoms in total. The minimum Gasteiger partial charge on any atom is -0.395 e. The van der Waals surface area contributed by atoms with E-state index in [0.717, 1.165) is 13.0 Å². The largest absolute Gasteiger partial charge is 0.395 e. The number of aliphatic hydroxyl groups excluding tert-OH is 1. The van der Waals surface area contributed by atoms with Gasteiger partial charge in [0.1, 0.15) is 0 Å². The number of rotatable bonds is 2. The van der Waals surface area contributed by atoms with E-state index in [1.807, 2.05) is 7.05 Å². The van der Waals surface area contributed by atoms with Crippen LogP contribution in [0.5, 0.6) is 0 Å². The summed E-state index contributed by atoms with van der Waals surface area (Å²) in [5, 5.41) is 8.92. The van der Waals surface area contributed by atoms with Gasteiger partial charge in [-0.05, 0) is 13.5 Å². The second kappa shape index (κ2) is 3.32. The lowest BCUT2D eigenvalue weighted by Gasteiger charge is -2.21. The van der Waals surface area contributed by atoms with Gasteiger partial charge in [0.05, 0.1) is 18.8 Å². The van der Waals surface area contributed by atoms with Crippen molar-refractivity contribution in [3.05, 3.63) is 0 Å². The molecule has 0 unspecified atom stereocenters. The van der Waals surface area contributed by atoms with Gasteiger partial charge < -0.3 is 9.84 Å². The van der Waals surface area contributed by atoms with Crippen LogP contribution in [0, 0.1) is 0 Å². The van der Waals surface area contributed by atoms with Crippen molar-refractivity contribution in [3.63, 3.8) is 0 Å². The van der Waals surface area contributed by atoms with Gasteiger partial charge in [-0.2, -0.15) is 0 Å².